The van der Waals surface area contributed by atoms with E-state index in [1.54, 1.807) is 20.8 Å². The number of fused-ring (bicyclic) bond motifs is 1. The van der Waals surface area contributed by atoms with Crippen LogP contribution >= 0.6 is 0 Å². The summed E-state index contributed by atoms with van der Waals surface area (Å²) in [4.78, 5) is 23.6. The maximum atomic E-state index is 11.9. The average Bonchev–Trinajstić information content (AvgIpc) is 2.59. The molecular weight excluding hydrogens is 258 g/mol. The molecule has 0 aliphatic carbocycles. The number of carbonyl (C=O) groups excluding carboxylic acids is 2. The van der Waals surface area contributed by atoms with Crippen molar-refractivity contribution < 1.29 is 22.7 Å². The predicted octanol–water partition coefficient (Wildman–Crippen LogP) is -0.513. The predicted molar refractivity (Wildman–Crippen MR) is 63.4 cm³/mol. The lowest BCUT2D eigenvalue weighted by Crippen LogP contribution is -2.42. The van der Waals surface area contributed by atoms with Crippen molar-refractivity contribution in [1.29, 1.82) is 0 Å². The normalized spacial score (nSPS) is 33.9. The molecule has 3 atom stereocenters. The van der Waals surface area contributed by atoms with Gasteiger partial charge in [-0.1, -0.05) is 0 Å². The lowest BCUT2D eigenvalue weighted by atomic mass is 9.94. The molecule has 0 spiro atoms. The third-order valence-corrected chi connectivity index (χ3v) is 4.88. The van der Waals surface area contributed by atoms with Gasteiger partial charge in [0.15, 0.2) is 9.84 Å². The Morgan fingerprint density at radius 1 is 1.33 bits per heavy atom. The zero-order chi connectivity index (χ0) is 13.7. The van der Waals surface area contributed by atoms with E-state index < -0.39 is 39.3 Å². The van der Waals surface area contributed by atoms with Crippen molar-refractivity contribution in [2.24, 2.45) is 11.8 Å². The van der Waals surface area contributed by atoms with Crippen molar-refractivity contribution in [2.75, 3.05) is 11.5 Å². The second kappa shape index (κ2) is 3.94. The highest BCUT2D eigenvalue weighted by molar-refractivity contribution is 7.91. The van der Waals surface area contributed by atoms with Gasteiger partial charge in [-0.05, 0) is 20.8 Å². The molecule has 1 N–H and O–H groups in total. The van der Waals surface area contributed by atoms with Crippen LogP contribution < -0.4 is 5.32 Å². The molecule has 6 nitrogen and oxygen atoms in total. The summed E-state index contributed by atoms with van der Waals surface area (Å²) in [6.07, 6.45) is 0. The number of hydrogen-bond donors (Lipinski definition) is 1. The summed E-state index contributed by atoms with van der Waals surface area (Å²) in [6, 6.07) is -0.834. The van der Waals surface area contributed by atoms with Gasteiger partial charge in [0.1, 0.15) is 11.6 Å². The van der Waals surface area contributed by atoms with E-state index in [1.807, 2.05) is 0 Å². The second-order valence-electron chi connectivity index (χ2n) is 5.87. The highest BCUT2D eigenvalue weighted by atomic mass is 32.2. The van der Waals surface area contributed by atoms with Gasteiger partial charge in [-0.3, -0.25) is 4.79 Å². The van der Waals surface area contributed by atoms with Crippen molar-refractivity contribution >= 4 is 21.7 Å². The van der Waals surface area contributed by atoms with Crippen LogP contribution in [-0.2, 0) is 24.2 Å². The van der Waals surface area contributed by atoms with Crippen LogP contribution in [0.4, 0.5) is 0 Å². The third-order valence-electron chi connectivity index (χ3n) is 3.12. The van der Waals surface area contributed by atoms with Crippen molar-refractivity contribution in [3.63, 3.8) is 0 Å². The van der Waals surface area contributed by atoms with Crippen molar-refractivity contribution in [2.45, 2.75) is 32.4 Å². The summed E-state index contributed by atoms with van der Waals surface area (Å²) in [5.41, 5.74) is -0.655. The average molecular weight is 275 g/mol. The maximum absolute atomic E-state index is 11.9. The number of carbonyl (C=O) groups is 2. The van der Waals surface area contributed by atoms with Crippen molar-refractivity contribution in [3.8, 4) is 0 Å². The summed E-state index contributed by atoms with van der Waals surface area (Å²) >= 11 is 0. The first-order valence-corrected chi connectivity index (χ1v) is 7.65. The molecule has 2 aliphatic rings. The molecule has 102 valence electrons. The van der Waals surface area contributed by atoms with E-state index in [9.17, 15) is 18.0 Å². The van der Waals surface area contributed by atoms with E-state index in [4.69, 9.17) is 4.74 Å². The first-order chi connectivity index (χ1) is 8.09. The van der Waals surface area contributed by atoms with Gasteiger partial charge < -0.3 is 10.1 Å². The summed E-state index contributed by atoms with van der Waals surface area (Å²) in [5.74, 6) is -2.30. The number of hydrogen-bond acceptors (Lipinski definition) is 5. The first kappa shape index (κ1) is 13.3. The summed E-state index contributed by atoms with van der Waals surface area (Å²) in [6.45, 7) is 5.18. The number of nitrogens with one attached hydrogen (secondary N) is 1. The number of rotatable bonds is 1. The molecule has 0 aromatic rings. The molecule has 0 unspecified atom stereocenters. The Labute approximate surface area is 106 Å². The van der Waals surface area contributed by atoms with Crippen LogP contribution in [0.1, 0.15) is 20.8 Å². The fourth-order valence-electron chi connectivity index (χ4n) is 2.44. The van der Waals surface area contributed by atoms with Crippen LogP contribution in [0, 0.1) is 11.8 Å². The summed E-state index contributed by atoms with van der Waals surface area (Å²) < 4.78 is 28.2. The molecule has 0 aromatic heterocycles. The third kappa shape index (κ3) is 2.50. The molecule has 2 aliphatic heterocycles. The van der Waals surface area contributed by atoms with Crippen molar-refractivity contribution in [1.82, 2.24) is 5.32 Å². The van der Waals surface area contributed by atoms with E-state index in [-0.39, 0.29) is 17.4 Å². The Bertz CT molecular complexity index is 490. The van der Waals surface area contributed by atoms with Crippen LogP contribution in [0.25, 0.3) is 0 Å². The van der Waals surface area contributed by atoms with Gasteiger partial charge in [-0.15, -0.1) is 0 Å². The van der Waals surface area contributed by atoms with Gasteiger partial charge in [0.05, 0.1) is 17.4 Å². The molecule has 0 aromatic carbocycles. The maximum Gasteiger partial charge on any atom is 0.329 e. The largest absolute Gasteiger partial charge is 0.458 e. The molecule has 2 rings (SSSR count). The molecule has 1 amide bonds. The quantitative estimate of drug-likeness (QED) is 0.651. The monoisotopic (exact) mass is 275 g/mol. The van der Waals surface area contributed by atoms with Crippen molar-refractivity contribution in [3.05, 3.63) is 0 Å². The fourth-order valence-corrected chi connectivity index (χ4v) is 4.53. The number of sulfone groups is 1. The molecule has 2 fully saturated rings. The lowest BCUT2D eigenvalue weighted by Gasteiger charge is -2.23. The Kier molecular flexibility index (Phi) is 2.92. The van der Waals surface area contributed by atoms with Gasteiger partial charge in [0, 0.05) is 5.92 Å². The lowest BCUT2D eigenvalue weighted by molar-refractivity contribution is -0.158. The number of esters is 1. The molecule has 0 bridgehead atoms. The fraction of sp³-hybridized carbons (Fsp3) is 0.818. The van der Waals surface area contributed by atoms with Gasteiger partial charge in [0.2, 0.25) is 5.91 Å². The topological polar surface area (TPSA) is 89.5 Å². The minimum absolute atomic E-state index is 0.125. The van der Waals surface area contributed by atoms with Gasteiger partial charge in [0.25, 0.3) is 0 Å². The standard InChI is InChI=1S/C11H17NO5S/c1-11(2,3)17-10(14)8-6-4-18(15,16)5-7(6)9(13)12-8/h6-8H,4-5H2,1-3H3,(H,12,13)/t6-,7+,8-/m0/s1. The molecule has 0 radical (unpaired) electrons. The smallest absolute Gasteiger partial charge is 0.329 e. The van der Waals surface area contributed by atoms with Gasteiger partial charge in [-0.25, -0.2) is 13.2 Å². The molecule has 7 heteroatoms. The molecule has 2 heterocycles. The van der Waals surface area contributed by atoms with E-state index in [0.29, 0.717) is 0 Å². The Morgan fingerprint density at radius 3 is 2.50 bits per heavy atom. The van der Waals surface area contributed by atoms with Gasteiger partial charge >= 0.3 is 5.97 Å². The minimum Gasteiger partial charge on any atom is -0.458 e. The van der Waals surface area contributed by atoms with E-state index in [0.717, 1.165) is 0 Å². The SMILES string of the molecule is CC(C)(C)OC(=O)[C@H]1NC(=O)[C@@H]2CS(=O)(=O)C[C@H]12. The highest BCUT2D eigenvalue weighted by Crippen LogP contribution is 2.34. The Balaban J connectivity index is 2.16. The van der Waals surface area contributed by atoms with Gasteiger partial charge in [-0.2, -0.15) is 0 Å². The summed E-state index contributed by atoms with van der Waals surface area (Å²) in [7, 11) is -3.22. The first-order valence-electron chi connectivity index (χ1n) is 5.83. The number of ether oxygens (including phenoxy) is 1. The van der Waals surface area contributed by atoms with Crippen LogP contribution in [0.3, 0.4) is 0 Å². The van der Waals surface area contributed by atoms with Crippen LogP contribution in [-0.4, -0.2) is 43.4 Å². The molecule has 0 saturated carbocycles. The second-order valence-corrected chi connectivity index (χ2v) is 8.02. The van der Waals surface area contributed by atoms with Crippen LogP contribution in [0.15, 0.2) is 0 Å². The molecular formula is C11H17NO5S. The van der Waals surface area contributed by atoms with Crippen LogP contribution in [0.2, 0.25) is 0 Å². The Hall–Kier alpha value is -1.11. The highest BCUT2D eigenvalue weighted by Gasteiger charge is 2.54. The van der Waals surface area contributed by atoms with E-state index >= 15 is 0 Å². The van der Waals surface area contributed by atoms with E-state index in [1.165, 1.54) is 0 Å². The van der Waals surface area contributed by atoms with E-state index in [2.05, 4.69) is 5.32 Å². The summed E-state index contributed by atoms with van der Waals surface area (Å²) in [5, 5.41) is 2.54. The molecule has 18 heavy (non-hydrogen) atoms. The van der Waals surface area contributed by atoms with Crippen LogP contribution in [0.5, 0.6) is 0 Å². The zero-order valence-electron chi connectivity index (χ0n) is 10.6. The Morgan fingerprint density at radius 2 is 1.94 bits per heavy atom. The number of amides is 1. The zero-order valence-corrected chi connectivity index (χ0v) is 11.4. The molecule has 2 saturated heterocycles. The minimum atomic E-state index is -3.22.